The Morgan fingerprint density at radius 2 is 2.17 bits per heavy atom. The molecule has 0 spiro atoms. The van der Waals surface area contributed by atoms with Gasteiger partial charge in [-0.2, -0.15) is 5.26 Å². The van der Waals surface area contributed by atoms with Crippen molar-refractivity contribution in [3.63, 3.8) is 0 Å². The maximum atomic E-state index is 8.90. The third kappa shape index (κ3) is 4.67. The van der Waals surface area contributed by atoms with Gasteiger partial charge in [0.25, 0.3) is 0 Å². The van der Waals surface area contributed by atoms with Crippen molar-refractivity contribution >= 4 is 15.9 Å². The number of rotatable bonds is 6. The molecule has 4 heteroatoms. The summed E-state index contributed by atoms with van der Waals surface area (Å²) in [6, 6.07) is 8.09. The number of ether oxygens (including phenoxy) is 1. The van der Waals surface area contributed by atoms with Gasteiger partial charge >= 0.3 is 0 Å². The molecule has 18 heavy (non-hydrogen) atoms. The van der Waals surface area contributed by atoms with E-state index in [1.165, 1.54) is 0 Å². The molecule has 3 nitrogen and oxygen atoms in total. The number of nitrogens with zero attached hydrogens (tertiary/aromatic N) is 1. The van der Waals surface area contributed by atoms with Crippen molar-refractivity contribution in [2.45, 2.75) is 33.2 Å². The van der Waals surface area contributed by atoms with Crippen LogP contribution < -0.4 is 10.5 Å². The molecular formula is C14H19BrN2O. The third-order valence-corrected chi connectivity index (χ3v) is 3.53. The molecule has 1 aromatic rings. The molecule has 1 rings (SSSR count). The average Bonchev–Trinajstić information content (AvgIpc) is 2.36. The lowest BCUT2D eigenvalue weighted by atomic mass is 9.90. The number of hydrogen-bond donors (Lipinski definition) is 1. The predicted octanol–water partition coefficient (Wildman–Crippen LogP) is 3.62. The second kappa shape index (κ2) is 6.77. The summed E-state index contributed by atoms with van der Waals surface area (Å²) >= 11 is 3.44. The van der Waals surface area contributed by atoms with Crippen LogP contribution in [0.25, 0.3) is 0 Å². The number of benzene rings is 1. The van der Waals surface area contributed by atoms with Gasteiger partial charge in [-0.05, 0) is 50.5 Å². The number of nitriles is 1. The molecule has 0 aliphatic carbocycles. The Kier molecular flexibility index (Phi) is 5.64. The van der Waals surface area contributed by atoms with Gasteiger partial charge in [0, 0.05) is 11.0 Å². The van der Waals surface area contributed by atoms with Crippen LogP contribution in [0.5, 0.6) is 5.75 Å². The van der Waals surface area contributed by atoms with Crippen LogP contribution in [0.3, 0.4) is 0 Å². The first-order chi connectivity index (χ1) is 8.48. The van der Waals surface area contributed by atoms with Crippen LogP contribution in [0.4, 0.5) is 0 Å². The fourth-order valence-electron chi connectivity index (χ4n) is 1.56. The molecule has 0 heterocycles. The van der Waals surface area contributed by atoms with Crippen LogP contribution >= 0.6 is 15.9 Å². The van der Waals surface area contributed by atoms with Gasteiger partial charge < -0.3 is 10.5 Å². The molecule has 0 saturated carbocycles. The maximum Gasteiger partial charge on any atom is 0.119 e. The molecule has 0 unspecified atom stereocenters. The summed E-state index contributed by atoms with van der Waals surface area (Å²) in [5.41, 5.74) is 6.39. The van der Waals surface area contributed by atoms with Crippen molar-refractivity contribution in [2.24, 2.45) is 11.1 Å². The topological polar surface area (TPSA) is 59.0 Å². The predicted molar refractivity (Wildman–Crippen MR) is 76.2 cm³/mol. The van der Waals surface area contributed by atoms with Crippen LogP contribution in [0.1, 0.15) is 32.3 Å². The van der Waals surface area contributed by atoms with E-state index < -0.39 is 0 Å². The average molecular weight is 311 g/mol. The molecule has 0 aromatic heterocycles. The molecule has 2 N–H and O–H groups in total. The van der Waals surface area contributed by atoms with Crippen LogP contribution in [-0.4, -0.2) is 6.61 Å². The lowest BCUT2D eigenvalue weighted by molar-refractivity contribution is 0.284. The Hall–Kier alpha value is -1.05. The van der Waals surface area contributed by atoms with Gasteiger partial charge in [-0.1, -0.05) is 15.9 Å². The minimum atomic E-state index is -0.272. The van der Waals surface area contributed by atoms with Crippen molar-refractivity contribution in [1.82, 2.24) is 0 Å². The van der Waals surface area contributed by atoms with Crippen LogP contribution in [0, 0.1) is 16.7 Å². The Morgan fingerprint density at radius 3 is 2.78 bits per heavy atom. The maximum absolute atomic E-state index is 8.90. The molecule has 0 fully saturated rings. The quantitative estimate of drug-likeness (QED) is 0.816. The van der Waals surface area contributed by atoms with E-state index in [4.69, 9.17) is 15.7 Å². The summed E-state index contributed by atoms with van der Waals surface area (Å²) in [6.07, 6.45) is 1.71. The van der Waals surface area contributed by atoms with Crippen molar-refractivity contribution in [1.29, 1.82) is 5.26 Å². The zero-order valence-electron chi connectivity index (χ0n) is 10.9. The van der Waals surface area contributed by atoms with E-state index in [2.05, 4.69) is 22.0 Å². The van der Waals surface area contributed by atoms with Gasteiger partial charge in [0.05, 0.1) is 18.1 Å². The van der Waals surface area contributed by atoms with E-state index in [1.807, 2.05) is 32.0 Å². The molecular weight excluding hydrogens is 292 g/mol. The van der Waals surface area contributed by atoms with E-state index >= 15 is 0 Å². The second-order valence-corrected chi connectivity index (χ2v) is 5.76. The highest BCUT2D eigenvalue weighted by Crippen LogP contribution is 2.24. The zero-order chi connectivity index (χ0) is 13.6. The lowest BCUT2D eigenvalue weighted by Crippen LogP contribution is -2.10. The Balaban J connectivity index is 2.43. The molecule has 98 valence electrons. The largest absolute Gasteiger partial charge is 0.494 e. The highest BCUT2D eigenvalue weighted by molar-refractivity contribution is 9.10. The lowest BCUT2D eigenvalue weighted by Gasteiger charge is -2.15. The second-order valence-electron chi connectivity index (χ2n) is 4.91. The molecule has 0 radical (unpaired) electrons. The highest BCUT2D eigenvalue weighted by Gasteiger charge is 2.15. The molecule has 0 atom stereocenters. The molecule has 0 aliphatic heterocycles. The minimum absolute atomic E-state index is 0.272. The standard InChI is InChI=1S/C14H19BrN2O/c1-14(2,10-17)6-3-7-18-12-4-5-13(15)11(8-12)9-16/h4-5,8H,3,6-7,9,16H2,1-2H3. The monoisotopic (exact) mass is 310 g/mol. The smallest absolute Gasteiger partial charge is 0.119 e. The van der Waals surface area contributed by atoms with Crippen LogP contribution in [0.15, 0.2) is 22.7 Å². The van der Waals surface area contributed by atoms with E-state index in [9.17, 15) is 0 Å². The summed E-state index contributed by atoms with van der Waals surface area (Å²) in [5, 5.41) is 8.90. The normalized spacial score (nSPS) is 11.1. The third-order valence-electron chi connectivity index (χ3n) is 2.75. The highest BCUT2D eigenvalue weighted by atomic mass is 79.9. The summed E-state index contributed by atoms with van der Waals surface area (Å²) in [7, 11) is 0. The molecule has 1 aromatic carbocycles. The van der Waals surface area contributed by atoms with Crippen molar-refractivity contribution in [3.8, 4) is 11.8 Å². The molecule has 0 saturated heterocycles. The SMILES string of the molecule is CC(C)(C#N)CCCOc1ccc(Br)c(CN)c1. The van der Waals surface area contributed by atoms with Gasteiger partial charge in [-0.25, -0.2) is 0 Å². The Bertz CT molecular complexity index is 438. The summed E-state index contributed by atoms with van der Waals surface area (Å²) in [6.45, 7) is 4.99. The summed E-state index contributed by atoms with van der Waals surface area (Å²) in [5.74, 6) is 0.827. The Morgan fingerprint density at radius 1 is 1.44 bits per heavy atom. The summed E-state index contributed by atoms with van der Waals surface area (Å²) in [4.78, 5) is 0. The van der Waals surface area contributed by atoms with Crippen molar-refractivity contribution < 1.29 is 4.74 Å². The van der Waals surface area contributed by atoms with Gasteiger partial charge in [0.1, 0.15) is 5.75 Å². The molecule has 0 amide bonds. The minimum Gasteiger partial charge on any atom is -0.494 e. The van der Waals surface area contributed by atoms with Gasteiger partial charge in [-0.15, -0.1) is 0 Å². The fraction of sp³-hybridized carbons (Fsp3) is 0.500. The first-order valence-electron chi connectivity index (χ1n) is 6.01. The number of nitrogens with two attached hydrogens (primary N) is 1. The van der Waals surface area contributed by atoms with E-state index in [0.717, 1.165) is 28.6 Å². The van der Waals surface area contributed by atoms with Gasteiger partial charge in [-0.3, -0.25) is 0 Å². The van der Waals surface area contributed by atoms with E-state index in [0.29, 0.717) is 13.2 Å². The van der Waals surface area contributed by atoms with E-state index in [1.54, 1.807) is 0 Å². The van der Waals surface area contributed by atoms with Gasteiger partial charge in [0.15, 0.2) is 0 Å². The zero-order valence-corrected chi connectivity index (χ0v) is 12.5. The Labute approximate surface area is 117 Å². The molecule has 0 bridgehead atoms. The van der Waals surface area contributed by atoms with Crippen LogP contribution in [0.2, 0.25) is 0 Å². The number of hydrogen-bond acceptors (Lipinski definition) is 3. The summed E-state index contributed by atoms with van der Waals surface area (Å²) < 4.78 is 6.66. The van der Waals surface area contributed by atoms with Crippen molar-refractivity contribution in [2.75, 3.05) is 6.61 Å². The first kappa shape index (κ1) is 15.0. The number of halogens is 1. The van der Waals surface area contributed by atoms with E-state index in [-0.39, 0.29) is 5.41 Å². The molecule has 0 aliphatic rings. The van der Waals surface area contributed by atoms with Gasteiger partial charge in [0.2, 0.25) is 0 Å². The first-order valence-corrected chi connectivity index (χ1v) is 6.80. The van der Waals surface area contributed by atoms with Crippen molar-refractivity contribution in [3.05, 3.63) is 28.2 Å². The fourth-order valence-corrected chi connectivity index (χ4v) is 1.97. The van der Waals surface area contributed by atoms with Crippen LogP contribution in [-0.2, 0) is 6.54 Å².